The van der Waals surface area contributed by atoms with Crippen molar-refractivity contribution in [3.8, 4) is 0 Å². The van der Waals surface area contributed by atoms with Crippen LogP contribution in [-0.4, -0.2) is 16.8 Å². The lowest BCUT2D eigenvalue weighted by Crippen LogP contribution is -2.32. The second kappa shape index (κ2) is 7.20. The number of benzene rings is 2. The summed E-state index contributed by atoms with van der Waals surface area (Å²) < 4.78 is 0. The first-order chi connectivity index (χ1) is 10.0. The van der Waals surface area contributed by atoms with Gasteiger partial charge < -0.3 is 15.7 Å². The van der Waals surface area contributed by atoms with Crippen LogP contribution >= 0.6 is 12.2 Å². The Bertz CT molecular complexity index is 593. The molecule has 4 heteroatoms. The van der Waals surface area contributed by atoms with Gasteiger partial charge in [-0.25, -0.2) is 0 Å². The molecule has 0 heterocycles. The number of aliphatic hydroxyl groups is 1. The Kier molecular flexibility index (Phi) is 5.31. The van der Waals surface area contributed by atoms with Crippen molar-refractivity contribution in [3.63, 3.8) is 0 Å². The van der Waals surface area contributed by atoms with E-state index >= 15 is 0 Å². The highest BCUT2D eigenvalue weighted by Crippen LogP contribution is 2.14. The standard InChI is InChI=1S/C17H20N2OS/c1-12-8-13(2)10-15(9-12)19-17(21)18-11-16(20)14-6-4-3-5-7-14/h3-10,16,20H,11H2,1-2H3,(H2,18,19,21)/t16-/m0/s1. The molecule has 0 amide bonds. The van der Waals surface area contributed by atoms with Crippen LogP contribution in [0, 0.1) is 13.8 Å². The topological polar surface area (TPSA) is 44.3 Å². The van der Waals surface area contributed by atoms with E-state index in [0.29, 0.717) is 11.7 Å². The van der Waals surface area contributed by atoms with Crippen molar-refractivity contribution in [2.45, 2.75) is 20.0 Å². The van der Waals surface area contributed by atoms with Gasteiger partial charge in [0.15, 0.2) is 5.11 Å². The maximum atomic E-state index is 10.1. The molecule has 2 aromatic carbocycles. The molecule has 110 valence electrons. The van der Waals surface area contributed by atoms with Crippen molar-refractivity contribution in [3.05, 3.63) is 65.2 Å². The van der Waals surface area contributed by atoms with E-state index in [1.807, 2.05) is 56.3 Å². The summed E-state index contributed by atoms with van der Waals surface area (Å²) in [6.45, 7) is 4.47. The zero-order valence-corrected chi connectivity index (χ0v) is 13.1. The van der Waals surface area contributed by atoms with Crippen molar-refractivity contribution in [2.24, 2.45) is 0 Å². The predicted octanol–water partition coefficient (Wildman–Crippen LogP) is 3.32. The van der Waals surface area contributed by atoms with Gasteiger partial charge in [0.05, 0.1) is 6.10 Å². The molecule has 0 fully saturated rings. The molecule has 0 radical (unpaired) electrons. The predicted molar refractivity (Wildman–Crippen MR) is 91.5 cm³/mol. The van der Waals surface area contributed by atoms with Crippen LogP contribution in [0.15, 0.2) is 48.5 Å². The number of aryl methyl sites for hydroxylation is 2. The fourth-order valence-corrected chi connectivity index (χ4v) is 2.41. The first-order valence-electron chi connectivity index (χ1n) is 6.91. The molecule has 0 aromatic heterocycles. The average molecular weight is 300 g/mol. The SMILES string of the molecule is Cc1cc(C)cc(NC(=S)NC[C@H](O)c2ccccc2)c1. The minimum Gasteiger partial charge on any atom is -0.387 e. The molecule has 0 spiro atoms. The minimum atomic E-state index is -0.579. The van der Waals surface area contributed by atoms with Gasteiger partial charge in [-0.2, -0.15) is 0 Å². The minimum absolute atomic E-state index is 0.376. The van der Waals surface area contributed by atoms with Crippen molar-refractivity contribution in [1.29, 1.82) is 0 Å². The largest absolute Gasteiger partial charge is 0.387 e. The molecule has 0 saturated heterocycles. The van der Waals surface area contributed by atoms with Crippen LogP contribution in [0.25, 0.3) is 0 Å². The summed E-state index contributed by atoms with van der Waals surface area (Å²) in [5, 5.41) is 16.8. The number of nitrogens with one attached hydrogen (secondary N) is 2. The molecule has 0 aliphatic carbocycles. The van der Waals surface area contributed by atoms with Crippen LogP contribution < -0.4 is 10.6 Å². The Hall–Kier alpha value is -1.91. The summed E-state index contributed by atoms with van der Waals surface area (Å²) in [5.74, 6) is 0. The van der Waals surface area contributed by atoms with Gasteiger partial charge in [0, 0.05) is 12.2 Å². The highest BCUT2D eigenvalue weighted by molar-refractivity contribution is 7.80. The van der Waals surface area contributed by atoms with Gasteiger partial charge in [0.25, 0.3) is 0 Å². The van der Waals surface area contributed by atoms with E-state index in [-0.39, 0.29) is 0 Å². The molecule has 0 saturated carbocycles. The van der Waals surface area contributed by atoms with E-state index in [1.165, 1.54) is 11.1 Å². The molecule has 21 heavy (non-hydrogen) atoms. The lowest BCUT2D eigenvalue weighted by molar-refractivity contribution is 0.181. The monoisotopic (exact) mass is 300 g/mol. The molecule has 0 aliphatic rings. The fourth-order valence-electron chi connectivity index (χ4n) is 2.20. The highest BCUT2D eigenvalue weighted by atomic mass is 32.1. The van der Waals surface area contributed by atoms with Crippen LogP contribution in [0.1, 0.15) is 22.8 Å². The number of rotatable bonds is 4. The molecule has 0 bridgehead atoms. The number of aliphatic hydroxyl groups excluding tert-OH is 1. The normalized spacial score (nSPS) is 11.8. The van der Waals surface area contributed by atoms with Crippen LogP contribution in [0.5, 0.6) is 0 Å². The molecule has 2 aromatic rings. The molecular weight excluding hydrogens is 280 g/mol. The van der Waals surface area contributed by atoms with Crippen molar-refractivity contribution in [1.82, 2.24) is 5.32 Å². The van der Waals surface area contributed by atoms with Gasteiger partial charge in [0.1, 0.15) is 0 Å². The first kappa shape index (κ1) is 15.5. The van der Waals surface area contributed by atoms with Crippen LogP contribution in [0.3, 0.4) is 0 Å². The summed E-state index contributed by atoms with van der Waals surface area (Å²) >= 11 is 5.26. The summed E-state index contributed by atoms with van der Waals surface area (Å²) in [6, 6.07) is 15.7. The average Bonchev–Trinajstić information content (AvgIpc) is 2.44. The summed E-state index contributed by atoms with van der Waals surface area (Å²) in [6.07, 6.45) is -0.579. The maximum Gasteiger partial charge on any atom is 0.170 e. The highest BCUT2D eigenvalue weighted by Gasteiger charge is 2.07. The molecule has 0 unspecified atom stereocenters. The second-order valence-corrected chi connectivity index (χ2v) is 5.55. The third-order valence-corrected chi connectivity index (χ3v) is 3.37. The van der Waals surface area contributed by atoms with Gasteiger partial charge >= 0.3 is 0 Å². The van der Waals surface area contributed by atoms with E-state index in [0.717, 1.165) is 11.3 Å². The molecular formula is C17H20N2OS. The van der Waals surface area contributed by atoms with Crippen molar-refractivity contribution < 1.29 is 5.11 Å². The summed E-state index contributed by atoms with van der Waals surface area (Å²) in [5.41, 5.74) is 4.20. The third kappa shape index (κ3) is 4.85. The Morgan fingerprint density at radius 3 is 2.33 bits per heavy atom. The fraction of sp³-hybridized carbons (Fsp3) is 0.235. The zero-order valence-electron chi connectivity index (χ0n) is 12.3. The smallest absolute Gasteiger partial charge is 0.170 e. The maximum absolute atomic E-state index is 10.1. The Balaban J connectivity index is 1.87. The Labute approximate surface area is 131 Å². The van der Waals surface area contributed by atoms with Gasteiger partial charge in [-0.05, 0) is 54.9 Å². The molecule has 3 N–H and O–H groups in total. The molecule has 1 atom stereocenters. The van der Waals surface area contributed by atoms with Gasteiger partial charge in [-0.3, -0.25) is 0 Å². The number of anilines is 1. The first-order valence-corrected chi connectivity index (χ1v) is 7.31. The Morgan fingerprint density at radius 2 is 1.71 bits per heavy atom. The molecule has 0 aliphatic heterocycles. The quantitative estimate of drug-likeness (QED) is 0.758. The van der Waals surface area contributed by atoms with Gasteiger partial charge in [-0.15, -0.1) is 0 Å². The lowest BCUT2D eigenvalue weighted by atomic mass is 10.1. The van der Waals surface area contributed by atoms with E-state index in [2.05, 4.69) is 16.7 Å². The van der Waals surface area contributed by atoms with Crippen LogP contribution in [0.2, 0.25) is 0 Å². The zero-order chi connectivity index (χ0) is 15.2. The number of hydrogen-bond acceptors (Lipinski definition) is 2. The van der Waals surface area contributed by atoms with Crippen molar-refractivity contribution >= 4 is 23.0 Å². The lowest BCUT2D eigenvalue weighted by Gasteiger charge is -2.15. The molecule has 2 rings (SSSR count). The second-order valence-electron chi connectivity index (χ2n) is 5.14. The Morgan fingerprint density at radius 1 is 1.10 bits per heavy atom. The van der Waals surface area contributed by atoms with Crippen molar-refractivity contribution in [2.75, 3.05) is 11.9 Å². The third-order valence-electron chi connectivity index (χ3n) is 3.12. The van der Waals surface area contributed by atoms with E-state index in [9.17, 15) is 5.11 Å². The number of thiocarbonyl (C=S) groups is 1. The van der Waals surface area contributed by atoms with E-state index in [1.54, 1.807) is 0 Å². The van der Waals surface area contributed by atoms with Gasteiger partial charge in [-0.1, -0.05) is 36.4 Å². The summed E-state index contributed by atoms with van der Waals surface area (Å²) in [7, 11) is 0. The van der Waals surface area contributed by atoms with Gasteiger partial charge in [0.2, 0.25) is 0 Å². The van der Waals surface area contributed by atoms with Crippen LogP contribution in [-0.2, 0) is 0 Å². The number of hydrogen-bond donors (Lipinski definition) is 3. The van der Waals surface area contributed by atoms with E-state index < -0.39 is 6.10 Å². The summed E-state index contributed by atoms with van der Waals surface area (Å²) in [4.78, 5) is 0. The molecule has 3 nitrogen and oxygen atoms in total. The van der Waals surface area contributed by atoms with Crippen LogP contribution in [0.4, 0.5) is 5.69 Å². The van der Waals surface area contributed by atoms with E-state index in [4.69, 9.17) is 12.2 Å².